The van der Waals surface area contributed by atoms with Crippen LogP contribution in [0.3, 0.4) is 0 Å². The molecule has 0 atom stereocenters. The van der Waals surface area contributed by atoms with Crippen LogP contribution >= 0.6 is 12.2 Å². The minimum atomic E-state index is 0.747. The lowest BCUT2D eigenvalue weighted by atomic mass is 10.4. The maximum absolute atomic E-state index is 5.44. The van der Waals surface area contributed by atoms with Gasteiger partial charge >= 0.3 is 0 Å². The van der Waals surface area contributed by atoms with Crippen molar-refractivity contribution in [1.82, 2.24) is 28.9 Å². The van der Waals surface area contributed by atoms with Crippen molar-refractivity contribution in [2.24, 2.45) is 7.05 Å². The Labute approximate surface area is 122 Å². The highest BCUT2D eigenvalue weighted by atomic mass is 32.1. The third-order valence-electron chi connectivity index (χ3n) is 3.61. The van der Waals surface area contributed by atoms with Crippen molar-refractivity contribution in [3.63, 3.8) is 0 Å². The fourth-order valence-electron chi connectivity index (χ4n) is 2.54. The third kappa shape index (κ3) is 1.98. The Kier molecular flexibility index (Phi) is 3.21. The molecule has 3 heterocycles. The number of aryl methyl sites for hydroxylation is 5. The van der Waals surface area contributed by atoms with Crippen LogP contribution in [0.4, 0.5) is 0 Å². The fourth-order valence-corrected chi connectivity index (χ4v) is 2.82. The monoisotopic (exact) mass is 290 g/mol. The third-order valence-corrected chi connectivity index (χ3v) is 3.94. The second-order valence-corrected chi connectivity index (χ2v) is 5.27. The molecule has 3 rings (SSSR count). The van der Waals surface area contributed by atoms with Gasteiger partial charge in [-0.2, -0.15) is 5.10 Å². The van der Waals surface area contributed by atoms with Crippen LogP contribution in [-0.4, -0.2) is 28.9 Å². The van der Waals surface area contributed by atoms with Gasteiger partial charge in [0.05, 0.1) is 5.69 Å². The number of fused-ring (bicyclic) bond motifs is 1. The van der Waals surface area contributed by atoms with Crippen molar-refractivity contribution in [3.05, 3.63) is 28.7 Å². The molecular formula is C13H18N6S. The predicted molar refractivity (Wildman–Crippen MR) is 80.2 cm³/mol. The van der Waals surface area contributed by atoms with Crippen molar-refractivity contribution in [2.75, 3.05) is 0 Å². The number of aromatic amines is 1. The highest BCUT2D eigenvalue weighted by Gasteiger charge is 2.14. The molecule has 1 N–H and O–H groups in total. The highest BCUT2D eigenvalue weighted by Crippen LogP contribution is 2.18. The predicted octanol–water partition coefficient (Wildman–Crippen LogP) is 2.20. The molecule has 0 radical (unpaired) electrons. The van der Waals surface area contributed by atoms with Gasteiger partial charge in [0.25, 0.3) is 0 Å². The van der Waals surface area contributed by atoms with Crippen molar-refractivity contribution in [1.29, 1.82) is 0 Å². The Morgan fingerprint density at radius 1 is 1.40 bits per heavy atom. The van der Waals surface area contributed by atoms with Crippen molar-refractivity contribution in [2.45, 2.75) is 33.4 Å². The van der Waals surface area contributed by atoms with Crippen LogP contribution in [0.5, 0.6) is 0 Å². The molecule has 3 aromatic heterocycles. The van der Waals surface area contributed by atoms with Gasteiger partial charge in [0.1, 0.15) is 11.3 Å². The van der Waals surface area contributed by atoms with Gasteiger partial charge in [-0.25, -0.2) is 9.67 Å². The van der Waals surface area contributed by atoms with E-state index in [9.17, 15) is 0 Å². The van der Waals surface area contributed by atoms with E-state index >= 15 is 0 Å². The number of aromatic nitrogens is 6. The SMILES string of the molecule is CCn1nc(C)c2[nH]c(=S)n(CCc3nccn3C)c21. The Morgan fingerprint density at radius 2 is 2.20 bits per heavy atom. The van der Waals surface area contributed by atoms with E-state index in [4.69, 9.17) is 12.2 Å². The topological polar surface area (TPSA) is 56.4 Å². The van der Waals surface area contributed by atoms with Gasteiger partial charge in [-0.05, 0) is 26.1 Å². The van der Waals surface area contributed by atoms with Gasteiger partial charge in [0.2, 0.25) is 0 Å². The Morgan fingerprint density at radius 3 is 2.85 bits per heavy atom. The molecule has 0 amide bonds. The average molecular weight is 290 g/mol. The quantitative estimate of drug-likeness (QED) is 0.749. The first-order chi connectivity index (χ1) is 9.61. The van der Waals surface area contributed by atoms with Crippen LogP contribution < -0.4 is 0 Å². The summed E-state index contributed by atoms with van der Waals surface area (Å²) in [7, 11) is 2.01. The molecule has 0 aliphatic rings. The van der Waals surface area contributed by atoms with Gasteiger partial charge in [0.15, 0.2) is 10.4 Å². The maximum atomic E-state index is 5.44. The summed E-state index contributed by atoms with van der Waals surface area (Å²) >= 11 is 5.44. The largest absolute Gasteiger partial charge is 0.338 e. The Balaban J connectivity index is 2.00. The molecule has 106 valence electrons. The molecule has 6 nitrogen and oxygen atoms in total. The smallest absolute Gasteiger partial charge is 0.179 e. The molecule has 20 heavy (non-hydrogen) atoms. The summed E-state index contributed by atoms with van der Waals surface area (Å²) in [6.45, 7) is 5.72. The number of nitrogens with zero attached hydrogens (tertiary/aromatic N) is 5. The number of imidazole rings is 2. The summed E-state index contributed by atoms with van der Waals surface area (Å²) in [4.78, 5) is 7.62. The summed E-state index contributed by atoms with van der Waals surface area (Å²) in [5.41, 5.74) is 3.10. The van der Waals surface area contributed by atoms with Crippen LogP contribution in [0, 0.1) is 11.7 Å². The highest BCUT2D eigenvalue weighted by molar-refractivity contribution is 7.71. The second kappa shape index (κ2) is 4.90. The van der Waals surface area contributed by atoms with Gasteiger partial charge in [-0.3, -0.25) is 0 Å². The van der Waals surface area contributed by atoms with Crippen LogP contribution in [0.25, 0.3) is 11.2 Å². The van der Waals surface area contributed by atoms with Crippen molar-refractivity contribution in [3.8, 4) is 0 Å². The number of nitrogens with one attached hydrogen (secondary N) is 1. The molecule has 7 heteroatoms. The number of hydrogen-bond acceptors (Lipinski definition) is 3. The summed E-state index contributed by atoms with van der Waals surface area (Å²) in [5, 5.41) is 4.53. The first-order valence-corrected chi connectivity index (χ1v) is 7.14. The number of rotatable bonds is 4. The standard InChI is InChI=1S/C13H18N6S/c1-4-19-12-11(9(2)16-19)15-13(20)18(12)7-5-10-14-6-8-17(10)3/h6,8H,4-5,7H2,1-3H3,(H,15,20). The van der Waals surface area contributed by atoms with Crippen molar-refractivity contribution < 1.29 is 0 Å². The summed E-state index contributed by atoms with van der Waals surface area (Å²) < 4.78 is 6.89. The normalized spacial score (nSPS) is 11.6. The molecule has 0 saturated carbocycles. The van der Waals surface area contributed by atoms with Crippen LogP contribution in [0.15, 0.2) is 12.4 Å². The zero-order valence-electron chi connectivity index (χ0n) is 11.9. The molecule has 0 unspecified atom stereocenters. The van der Waals surface area contributed by atoms with E-state index in [-0.39, 0.29) is 0 Å². The van der Waals surface area contributed by atoms with E-state index in [1.807, 2.05) is 35.6 Å². The van der Waals surface area contributed by atoms with E-state index in [2.05, 4.69) is 26.6 Å². The van der Waals surface area contributed by atoms with Crippen LogP contribution in [0.1, 0.15) is 18.4 Å². The fraction of sp³-hybridized carbons (Fsp3) is 0.462. The van der Waals surface area contributed by atoms with Gasteiger partial charge in [-0.15, -0.1) is 0 Å². The van der Waals surface area contributed by atoms with E-state index in [1.165, 1.54) is 0 Å². The summed E-state index contributed by atoms with van der Waals surface area (Å²) in [6, 6.07) is 0. The molecule has 0 aromatic carbocycles. The minimum absolute atomic E-state index is 0.747. The molecule has 0 aliphatic carbocycles. The van der Waals surface area contributed by atoms with Gasteiger partial charge in [0, 0.05) is 39.0 Å². The molecule has 3 aromatic rings. The lowest BCUT2D eigenvalue weighted by Gasteiger charge is -2.06. The first-order valence-electron chi connectivity index (χ1n) is 6.74. The first kappa shape index (κ1) is 13.1. The Hall–Kier alpha value is -1.89. The van der Waals surface area contributed by atoms with Gasteiger partial charge in [-0.1, -0.05) is 0 Å². The molecular weight excluding hydrogens is 272 g/mol. The zero-order chi connectivity index (χ0) is 14.3. The van der Waals surface area contributed by atoms with Crippen LogP contribution in [-0.2, 0) is 26.6 Å². The molecule has 0 bridgehead atoms. The van der Waals surface area contributed by atoms with E-state index in [0.29, 0.717) is 0 Å². The molecule has 0 aliphatic heterocycles. The lowest BCUT2D eigenvalue weighted by Crippen LogP contribution is -2.09. The lowest BCUT2D eigenvalue weighted by molar-refractivity contribution is 0.609. The summed E-state index contributed by atoms with van der Waals surface area (Å²) in [5.74, 6) is 1.06. The maximum Gasteiger partial charge on any atom is 0.179 e. The molecule has 0 fully saturated rings. The summed E-state index contributed by atoms with van der Waals surface area (Å²) in [6.07, 6.45) is 4.63. The molecule has 0 spiro atoms. The number of hydrogen-bond donors (Lipinski definition) is 1. The number of H-pyrrole nitrogens is 1. The minimum Gasteiger partial charge on any atom is -0.338 e. The van der Waals surface area contributed by atoms with E-state index in [1.54, 1.807) is 0 Å². The zero-order valence-corrected chi connectivity index (χ0v) is 12.7. The Bertz CT molecular complexity index is 803. The van der Waals surface area contributed by atoms with Gasteiger partial charge < -0.3 is 14.1 Å². The molecule has 0 saturated heterocycles. The van der Waals surface area contributed by atoms with Crippen molar-refractivity contribution >= 4 is 23.4 Å². The van der Waals surface area contributed by atoms with E-state index in [0.717, 1.165) is 47.0 Å². The average Bonchev–Trinajstić information content (AvgIpc) is 3.05. The second-order valence-electron chi connectivity index (χ2n) is 4.89. The van der Waals surface area contributed by atoms with Crippen LogP contribution in [0.2, 0.25) is 0 Å². The van der Waals surface area contributed by atoms with E-state index < -0.39 is 0 Å².